The second kappa shape index (κ2) is 6.95. The van der Waals surface area contributed by atoms with Crippen LogP contribution < -0.4 is 10.1 Å². The number of alkyl halides is 6. The molecule has 0 bridgehead atoms. The Morgan fingerprint density at radius 1 is 1.16 bits per heavy atom. The molecule has 0 fully saturated rings. The van der Waals surface area contributed by atoms with Crippen molar-refractivity contribution in [1.29, 1.82) is 0 Å². The van der Waals surface area contributed by atoms with Crippen LogP contribution in [-0.4, -0.2) is 13.0 Å². The average molecular weight is 383 g/mol. The van der Waals surface area contributed by atoms with Crippen molar-refractivity contribution < 1.29 is 35.9 Å². The maximum atomic E-state index is 13.2. The van der Waals surface area contributed by atoms with Gasteiger partial charge in [0.25, 0.3) is 5.91 Å². The molecule has 1 amide bonds. The molecule has 0 atom stereocenters. The number of carbonyl (C=O) groups excluding carboxylic acids is 1. The highest BCUT2D eigenvalue weighted by Gasteiger charge is 2.41. The Morgan fingerprint density at radius 2 is 1.84 bits per heavy atom. The summed E-state index contributed by atoms with van der Waals surface area (Å²) >= 11 is 1.27. The molecule has 2 rings (SSSR count). The quantitative estimate of drug-likeness (QED) is 0.776. The fourth-order valence-corrected chi connectivity index (χ4v) is 2.71. The number of hydrogen-bond donors (Lipinski definition) is 1. The molecule has 136 valence electrons. The number of halogens is 6. The number of hydrogen-bond acceptors (Lipinski definition) is 3. The summed E-state index contributed by atoms with van der Waals surface area (Å²) in [5.74, 6) is -1.97. The first-order valence-corrected chi connectivity index (χ1v) is 7.59. The van der Waals surface area contributed by atoms with Crippen LogP contribution in [0.15, 0.2) is 29.6 Å². The van der Waals surface area contributed by atoms with E-state index in [-0.39, 0.29) is 12.6 Å². The minimum Gasteiger partial charge on any atom is -0.496 e. The van der Waals surface area contributed by atoms with Crippen molar-refractivity contribution in [3.05, 3.63) is 51.2 Å². The van der Waals surface area contributed by atoms with Gasteiger partial charge in [-0.2, -0.15) is 26.3 Å². The first-order chi connectivity index (χ1) is 11.5. The number of nitrogens with one attached hydrogen (secondary N) is 1. The van der Waals surface area contributed by atoms with E-state index in [0.29, 0.717) is 10.9 Å². The van der Waals surface area contributed by atoms with Gasteiger partial charge in [-0.15, -0.1) is 11.3 Å². The second-order valence-corrected chi connectivity index (χ2v) is 5.89. The van der Waals surface area contributed by atoms with Gasteiger partial charge in [0.1, 0.15) is 5.75 Å². The third-order valence-electron chi connectivity index (χ3n) is 3.19. The van der Waals surface area contributed by atoms with Gasteiger partial charge in [-0.1, -0.05) is 6.07 Å². The highest BCUT2D eigenvalue weighted by Crippen LogP contribution is 2.41. The molecule has 0 aliphatic heterocycles. The lowest BCUT2D eigenvalue weighted by Gasteiger charge is -2.18. The highest BCUT2D eigenvalue weighted by molar-refractivity contribution is 7.09. The van der Waals surface area contributed by atoms with Crippen molar-refractivity contribution in [2.45, 2.75) is 18.9 Å². The lowest BCUT2D eigenvalue weighted by Crippen LogP contribution is -2.27. The van der Waals surface area contributed by atoms with Gasteiger partial charge in [0.15, 0.2) is 0 Å². The van der Waals surface area contributed by atoms with E-state index < -0.39 is 40.7 Å². The van der Waals surface area contributed by atoms with Crippen molar-refractivity contribution in [2.24, 2.45) is 0 Å². The maximum Gasteiger partial charge on any atom is 0.417 e. The summed E-state index contributed by atoms with van der Waals surface area (Å²) in [7, 11) is 0.895. The first kappa shape index (κ1) is 19.1. The topological polar surface area (TPSA) is 38.3 Å². The van der Waals surface area contributed by atoms with Gasteiger partial charge in [0, 0.05) is 4.88 Å². The van der Waals surface area contributed by atoms with Gasteiger partial charge in [0.2, 0.25) is 0 Å². The summed E-state index contributed by atoms with van der Waals surface area (Å²) in [6.07, 6.45) is -10.2. The Morgan fingerprint density at radius 3 is 2.32 bits per heavy atom. The van der Waals surface area contributed by atoms with Crippen LogP contribution in [0.4, 0.5) is 26.3 Å². The number of methoxy groups -OCH3 is 1. The SMILES string of the molecule is COc1cc(C(F)(F)F)cc(C(F)(F)F)c1C(=O)NCc1cccs1. The molecular weight excluding hydrogens is 372 g/mol. The van der Waals surface area contributed by atoms with Crippen molar-refractivity contribution in [3.8, 4) is 5.75 Å². The number of rotatable bonds is 4. The van der Waals surface area contributed by atoms with Gasteiger partial charge >= 0.3 is 12.4 Å². The van der Waals surface area contributed by atoms with Crippen LogP contribution in [0.1, 0.15) is 26.4 Å². The van der Waals surface area contributed by atoms with Crippen LogP contribution in [0.25, 0.3) is 0 Å². The summed E-state index contributed by atoms with van der Waals surface area (Å²) < 4.78 is 82.7. The van der Waals surface area contributed by atoms with Crippen LogP contribution >= 0.6 is 11.3 Å². The molecule has 10 heteroatoms. The van der Waals surface area contributed by atoms with Crippen LogP contribution in [0.3, 0.4) is 0 Å². The Kier molecular flexibility index (Phi) is 5.31. The number of benzene rings is 1. The van der Waals surface area contributed by atoms with E-state index in [1.165, 1.54) is 11.3 Å². The molecule has 1 heterocycles. The summed E-state index contributed by atoms with van der Waals surface area (Å²) in [6, 6.07) is 3.61. The van der Waals surface area contributed by atoms with Crippen LogP contribution in [0, 0.1) is 0 Å². The first-order valence-electron chi connectivity index (χ1n) is 6.71. The monoisotopic (exact) mass is 383 g/mol. The average Bonchev–Trinajstić information content (AvgIpc) is 3.02. The number of amides is 1. The molecule has 0 saturated carbocycles. The molecule has 25 heavy (non-hydrogen) atoms. The smallest absolute Gasteiger partial charge is 0.417 e. The summed E-state index contributed by atoms with van der Waals surface area (Å²) in [5.41, 5.74) is -4.24. The zero-order valence-electron chi connectivity index (χ0n) is 12.6. The molecule has 1 aromatic heterocycles. The molecule has 0 radical (unpaired) electrons. The number of carbonyl (C=O) groups is 1. The van der Waals surface area contributed by atoms with E-state index in [2.05, 4.69) is 10.1 Å². The van der Waals surface area contributed by atoms with Gasteiger partial charge in [-0.3, -0.25) is 4.79 Å². The third kappa shape index (κ3) is 4.44. The van der Waals surface area contributed by atoms with E-state index >= 15 is 0 Å². The minimum absolute atomic E-state index is 0.0576. The van der Waals surface area contributed by atoms with Crippen molar-refractivity contribution in [3.63, 3.8) is 0 Å². The molecule has 0 aliphatic rings. The zero-order chi connectivity index (χ0) is 18.8. The minimum atomic E-state index is -5.16. The molecule has 0 spiro atoms. The predicted molar refractivity (Wildman–Crippen MR) is 78.5 cm³/mol. The number of ether oxygens (including phenoxy) is 1. The third-order valence-corrected chi connectivity index (χ3v) is 4.06. The van der Waals surface area contributed by atoms with Gasteiger partial charge in [0.05, 0.1) is 30.3 Å². The normalized spacial score (nSPS) is 12.1. The van der Waals surface area contributed by atoms with Crippen LogP contribution in [0.2, 0.25) is 0 Å². The summed E-state index contributed by atoms with van der Waals surface area (Å²) in [6.45, 7) is -0.0576. The Balaban J connectivity index is 2.48. The van der Waals surface area contributed by atoms with E-state index in [1.54, 1.807) is 17.5 Å². The van der Waals surface area contributed by atoms with Gasteiger partial charge in [-0.05, 0) is 23.6 Å². The molecule has 2 aromatic rings. The fourth-order valence-electron chi connectivity index (χ4n) is 2.07. The maximum absolute atomic E-state index is 13.2. The fraction of sp³-hybridized carbons (Fsp3) is 0.267. The second-order valence-electron chi connectivity index (χ2n) is 4.86. The lowest BCUT2D eigenvalue weighted by atomic mass is 10.0. The summed E-state index contributed by atoms with van der Waals surface area (Å²) in [4.78, 5) is 12.9. The highest BCUT2D eigenvalue weighted by atomic mass is 32.1. The largest absolute Gasteiger partial charge is 0.496 e. The number of thiophene rings is 1. The van der Waals surface area contributed by atoms with E-state index in [4.69, 9.17) is 0 Å². The summed E-state index contributed by atoms with van der Waals surface area (Å²) in [5, 5.41) is 3.97. The van der Waals surface area contributed by atoms with E-state index in [1.807, 2.05) is 0 Å². The van der Waals surface area contributed by atoms with Gasteiger partial charge < -0.3 is 10.1 Å². The zero-order valence-corrected chi connectivity index (χ0v) is 13.4. The van der Waals surface area contributed by atoms with Crippen molar-refractivity contribution in [1.82, 2.24) is 5.32 Å². The van der Waals surface area contributed by atoms with Crippen molar-refractivity contribution >= 4 is 17.2 Å². The molecular formula is C15H11F6NO2S. The Labute approximate surface area is 142 Å². The Bertz CT molecular complexity index is 753. The molecule has 3 nitrogen and oxygen atoms in total. The molecule has 1 N–H and O–H groups in total. The molecule has 0 saturated heterocycles. The Hall–Kier alpha value is -2.23. The van der Waals surface area contributed by atoms with Crippen LogP contribution in [0.5, 0.6) is 5.75 Å². The lowest BCUT2D eigenvalue weighted by molar-refractivity contribution is -0.143. The van der Waals surface area contributed by atoms with E-state index in [9.17, 15) is 31.1 Å². The standard InChI is InChI=1S/C15H11F6NO2S/c1-24-11-6-8(14(16,17)18)5-10(15(19,20)21)12(11)13(23)22-7-9-3-2-4-25-9/h2-6H,7H2,1H3,(H,22,23). The van der Waals surface area contributed by atoms with Crippen LogP contribution in [-0.2, 0) is 18.9 Å². The molecule has 0 unspecified atom stereocenters. The van der Waals surface area contributed by atoms with Gasteiger partial charge in [-0.25, -0.2) is 0 Å². The molecule has 1 aromatic carbocycles. The van der Waals surface area contributed by atoms with Crippen molar-refractivity contribution in [2.75, 3.05) is 7.11 Å². The van der Waals surface area contributed by atoms with E-state index in [0.717, 1.165) is 7.11 Å². The predicted octanol–water partition coefficient (Wildman–Crippen LogP) is 4.72. The molecule has 0 aliphatic carbocycles.